The van der Waals surface area contributed by atoms with Gasteiger partial charge < -0.3 is 0 Å². The van der Waals surface area contributed by atoms with Gasteiger partial charge >= 0.3 is 0 Å². The molecule has 0 atom stereocenters. The van der Waals surface area contributed by atoms with Gasteiger partial charge in [-0.25, -0.2) is 4.98 Å². The van der Waals surface area contributed by atoms with Crippen LogP contribution < -0.4 is 0 Å². The first-order valence-corrected chi connectivity index (χ1v) is 5.34. The Bertz CT molecular complexity index is 577. The third kappa shape index (κ3) is 1.41. The summed E-state index contributed by atoms with van der Waals surface area (Å²) in [6.07, 6.45) is 7.36. The first kappa shape index (κ1) is 8.55. The average Bonchev–Trinajstić information content (AvgIpc) is 2.82. The highest BCUT2D eigenvalue weighted by Crippen LogP contribution is 2.28. The third-order valence-electron chi connectivity index (χ3n) is 2.14. The fraction of sp³-hybridized carbons (Fsp3) is 0.100. The van der Waals surface area contributed by atoms with Crippen LogP contribution in [0.15, 0.2) is 30.9 Å². The first-order chi connectivity index (χ1) is 7.33. The van der Waals surface area contributed by atoms with Crippen LogP contribution in [0.1, 0.15) is 0 Å². The second kappa shape index (κ2) is 3.13. The zero-order valence-corrected chi connectivity index (χ0v) is 8.90. The number of aromatic nitrogens is 4. The molecule has 0 aliphatic heterocycles. The number of aryl methyl sites for hydroxylation is 1. The van der Waals surface area contributed by atoms with Crippen molar-refractivity contribution in [1.82, 2.24) is 19.7 Å². The molecule has 0 spiro atoms. The van der Waals surface area contributed by atoms with E-state index in [0.29, 0.717) is 0 Å². The second-order valence-corrected chi connectivity index (χ2v) is 4.30. The van der Waals surface area contributed by atoms with Crippen LogP contribution in [0.4, 0.5) is 0 Å². The smallest absolute Gasteiger partial charge is 0.127 e. The highest BCUT2D eigenvalue weighted by Gasteiger charge is 2.07. The monoisotopic (exact) mass is 216 g/mol. The van der Waals surface area contributed by atoms with Crippen molar-refractivity contribution in [2.24, 2.45) is 7.05 Å². The predicted octanol–water partition coefficient (Wildman–Crippen LogP) is 2.09. The lowest BCUT2D eigenvalue weighted by Crippen LogP contribution is -1.83. The van der Waals surface area contributed by atoms with Gasteiger partial charge in [0, 0.05) is 25.0 Å². The normalized spacial score (nSPS) is 11.0. The third-order valence-corrected chi connectivity index (χ3v) is 3.23. The lowest BCUT2D eigenvalue weighted by Gasteiger charge is -1.85. The van der Waals surface area contributed by atoms with E-state index in [1.54, 1.807) is 28.4 Å². The molecular formula is C10H8N4S. The van der Waals surface area contributed by atoms with Crippen molar-refractivity contribution in [2.75, 3.05) is 0 Å². The molecule has 5 heteroatoms. The molecule has 3 rings (SSSR count). The number of hydrogen-bond donors (Lipinski definition) is 0. The Kier molecular flexibility index (Phi) is 1.78. The Morgan fingerprint density at radius 2 is 2.27 bits per heavy atom. The summed E-state index contributed by atoms with van der Waals surface area (Å²) in [4.78, 5) is 8.55. The molecule has 74 valence electrons. The van der Waals surface area contributed by atoms with E-state index in [1.807, 2.05) is 25.5 Å². The van der Waals surface area contributed by atoms with Crippen molar-refractivity contribution in [1.29, 1.82) is 0 Å². The van der Waals surface area contributed by atoms with Crippen LogP contribution in [0.5, 0.6) is 0 Å². The van der Waals surface area contributed by atoms with E-state index in [4.69, 9.17) is 0 Å². The Balaban J connectivity index is 2.19. The van der Waals surface area contributed by atoms with Gasteiger partial charge in [0.25, 0.3) is 0 Å². The van der Waals surface area contributed by atoms with Crippen molar-refractivity contribution in [3.8, 4) is 10.6 Å². The molecule has 3 heterocycles. The summed E-state index contributed by atoms with van der Waals surface area (Å²) in [5.41, 5.74) is 2.00. The molecule has 0 N–H and O–H groups in total. The lowest BCUT2D eigenvalue weighted by atomic mass is 10.4. The summed E-state index contributed by atoms with van der Waals surface area (Å²) in [6.45, 7) is 0. The Morgan fingerprint density at radius 1 is 1.33 bits per heavy atom. The highest BCUT2D eigenvalue weighted by molar-refractivity contribution is 7.21. The highest BCUT2D eigenvalue weighted by atomic mass is 32.1. The maximum atomic E-state index is 4.50. The number of pyridine rings is 1. The van der Waals surface area contributed by atoms with Gasteiger partial charge in [-0.3, -0.25) is 9.67 Å². The molecule has 0 saturated heterocycles. The molecule has 0 bridgehead atoms. The van der Waals surface area contributed by atoms with Gasteiger partial charge in [-0.2, -0.15) is 5.10 Å². The van der Waals surface area contributed by atoms with E-state index in [1.165, 1.54) is 0 Å². The quantitative estimate of drug-likeness (QED) is 0.625. The fourth-order valence-electron chi connectivity index (χ4n) is 1.44. The van der Waals surface area contributed by atoms with Gasteiger partial charge in [0.05, 0.1) is 17.1 Å². The minimum Gasteiger partial charge on any atom is -0.275 e. The molecule has 0 aliphatic carbocycles. The number of rotatable bonds is 1. The predicted molar refractivity (Wildman–Crippen MR) is 59.6 cm³/mol. The second-order valence-electron chi connectivity index (χ2n) is 3.27. The maximum absolute atomic E-state index is 4.50. The van der Waals surface area contributed by atoms with Crippen molar-refractivity contribution in [2.45, 2.75) is 0 Å². The zero-order valence-electron chi connectivity index (χ0n) is 8.08. The van der Waals surface area contributed by atoms with Crippen LogP contribution in [0.3, 0.4) is 0 Å². The van der Waals surface area contributed by atoms with Gasteiger partial charge in [0.2, 0.25) is 0 Å². The summed E-state index contributed by atoms with van der Waals surface area (Å²) in [7, 11) is 1.90. The molecule has 0 aliphatic rings. The topological polar surface area (TPSA) is 43.6 Å². The van der Waals surface area contributed by atoms with E-state index in [0.717, 1.165) is 20.8 Å². The number of fused-ring (bicyclic) bond motifs is 1. The number of hydrogen-bond acceptors (Lipinski definition) is 4. The summed E-state index contributed by atoms with van der Waals surface area (Å²) < 4.78 is 2.93. The zero-order chi connectivity index (χ0) is 10.3. The minimum atomic E-state index is 0.946. The van der Waals surface area contributed by atoms with E-state index < -0.39 is 0 Å². The fourth-order valence-corrected chi connectivity index (χ4v) is 2.34. The molecule has 4 nitrogen and oxygen atoms in total. The summed E-state index contributed by atoms with van der Waals surface area (Å²) in [5, 5.41) is 5.12. The van der Waals surface area contributed by atoms with Gasteiger partial charge in [-0.05, 0) is 6.07 Å². The Morgan fingerprint density at radius 3 is 3.00 bits per heavy atom. The van der Waals surface area contributed by atoms with E-state index >= 15 is 0 Å². The average molecular weight is 216 g/mol. The minimum absolute atomic E-state index is 0.946. The van der Waals surface area contributed by atoms with Crippen LogP contribution in [-0.2, 0) is 7.05 Å². The van der Waals surface area contributed by atoms with Gasteiger partial charge in [-0.1, -0.05) is 0 Å². The molecule has 0 amide bonds. The van der Waals surface area contributed by atoms with Crippen LogP contribution in [0, 0.1) is 0 Å². The van der Waals surface area contributed by atoms with Gasteiger partial charge in [0.1, 0.15) is 10.5 Å². The molecule has 0 radical (unpaired) electrons. The van der Waals surface area contributed by atoms with E-state index in [9.17, 15) is 0 Å². The van der Waals surface area contributed by atoms with Crippen LogP contribution in [0.25, 0.3) is 20.8 Å². The molecule has 0 aromatic carbocycles. The number of thiazole rings is 1. The molecule has 0 saturated carbocycles. The van der Waals surface area contributed by atoms with Crippen LogP contribution in [-0.4, -0.2) is 19.7 Å². The SMILES string of the molecule is Cn1cc(-c2nc3cnccc3s2)cn1. The van der Waals surface area contributed by atoms with Crippen molar-refractivity contribution >= 4 is 21.6 Å². The molecule has 0 unspecified atom stereocenters. The summed E-state index contributed by atoms with van der Waals surface area (Å²) >= 11 is 1.66. The standard InChI is InChI=1S/C10H8N4S/c1-14-6-7(4-12-14)10-13-8-5-11-3-2-9(8)15-10/h2-6H,1H3. The van der Waals surface area contributed by atoms with E-state index in [-0.39, 0.29) is 0 Å². The van der Waals surface area contributed by atoms with E-state index in [2.05, 4.69) is 15.1 Å². The van der Waals surface area contributed by atoms with Crippen LogP contribution >= 0.6 is 11.3 Å². The number of nitrogens with zero attached hydrogens (tertiary/aromatic N) is 4. The van der Waals surface area contributed by atoms with Crippen LogP contribution in [0.2, 0.25) is 0 Å². The maximum Gasteiger partial charge on any atom is 0.127 e. The van der Waals surface area contributed by atoms with Crippen molar-refractivity contribution in [3.63, 3.8) is 0 Å². The molecular weight excluding hydrogens is 208 g/mol. The van der Waals surface area contributed by atoms with Crippen molar-refractivity contribution in [3.05, 3.63) is 30.9 Å². The Labute approximate surface area is 90.2 Å². The Hall–Kier alpha value is -1.75. The first-order valence-electron chi connectivity index (χ1n) is 4.52. The van der Waals surface area contributed by atoms with Gasteiger partial charge in [0.15, 0.2) is 0 Å². The molecule has 15 heavy (non-hydrogen) atoms. The lowest BCUT2D eigenvalue weighted by molar-refractivity contribution is 0.768. The van der Waals surface area contributed by atoms with Gasteiger partial charge in [-0.15, -0.1) is 11.3 Å². The molecule has 0 fully saturated rings. The van der Waals surface area contributed by atoms with Crippen molar-refractivity contribution < 1.29 is 0 Å². The molecule has 3 aromatic heterocycles. The summed E-state index contributed by atoms with van der Waals surface area (Å²) in [6, 6.07) is 1.98. The molecule has 3 aromatic rings. The summed E-state index contributed by atoms with van der Waals surface area (Å²) in [5.74, 6) is 0. The largest absolute Gasteiger partial charge is 0.275 e.